The van der Waals surface area contributed by atoms with E-state index in [9.17, 15) is 24.5 Å². The summed E-state index contributed by atoms with van der Waals surface area (Å²) < 4.78 is 10.8. The van der Waals surface area contributed by atoms with E-state index in [1.165, 1.54) is 13.2 Å². The van der Waals surface area contributed by atoms with E-state index in [2.05, 4.69) is 5.32 Å². The molecule has 1 N–H and O–H groups in total. The first-order valence-corrected chi connectivity index (χ1v) is 12.4. The molecular formula is C27H32N2O7. The zero-order chi connectivity index (χ0) is 26.1. The lowest BCUT2D eigenvalue weighted by Gasteiger charge is -2.38. The van der Waals surface area contributed by atoms with E-state index in [0.717, 1.165) is 32.1 Å². The fraction of sp³-hybridized carbons (Fsp3) is 0.519. The van der Waals surface area contributed by atoms with Crippen molar-refractivity contribution in [3.63, 3.8) is 0 Å². The van der Waals surface area contributed by atoms with E-state index >= 15 is 0 Å². The van der Waals surface area contributed by atoms with Crippen LogP contribution in [-0.4, -0.2) is 35.9 Å². The second kappa shape index (κ2) is 10.2. The summed E-state index contributed by atoms with van der Waals surface area (Å²) in [4.78, 5) is 51.2. The molecule has 0 unspecified atom stereocenters. The first-order chi connectivity index (χ1) is 17.1. The van der Waals surface area contributed by atoms with E-state index in [0.29, 0.717) is 28.9 Å². The highest BCUT2D eigenvalue weighted by Crippen LogP contribution is 2.46. The number of ketones is 1. The number of nitro benzene ring substituents is 1. The quantitative estimate of drug-likeness (QED) is 0.275. The number of ether oxygens (including phenoxy) is 2. The molecule has 0 spiro atoms. The molecule has 1 saturated carbocycles. The third-order valence-electron chi connectivity index (χ3n) is 7.55. The Morgan fingerprint density at radius 2 is 1.83 bits per heavy atom. The Morgan fingerprint density at radius 3 is 2.47 bits per heavy atom. The zero-order valence-electron chi connectivity index (χ0n) is 21.1. The summed E-state index contributed by atoms with van der Waals surface area (Å²) in [6.07, 6.45) is 4.81. The number of carbonyl (C=O) groups is 3. The van der Waals surface area contributed by atoms with E-state index in [1.54, 1.807) is 26.0 Å². The van der Waals surface area contributed by atoms with Gasteiger partial charge in [-0.25, -0.2) is 4.79 Å². The standard InChI is InChI=1S/C27H32N2O7/c1-14-10-11-17(13-20(14)29(33)34)23-22(27(32)36-18-8-6-5-7-9-18)16(3)28-19-12-15(2)21(26(31)35-4)25(30)24(19)23/h10-11,13,15,18,21,23,28H,5-9,12H2,1-4H3/t15-,21+,23+/m1/s1. The van der Waals surface area contributed by atoms with E-state index in [-0.39, 0.29) is 28.9 Å². The number of aryl methyl sites for hydroxylation is 1. The van der Waals surface area contributed by atoms with Crippen LogP contribution in [0.3, 0.4) is 0 Å². The van der Waals surface area contributed by atoms with Crippen molar-refractivity contribution in [3.8, 4) is 0 Å². The lowest BCUT2D eigenvalue weighted by Crippen LogP contribution is -2.43. The van der Waals surface area contributed by atoms with Crippen LogP contribution >= 0.6 is 0 Å². The summed E-state index contributed by atoms with van der Waals surface area (Å²) in [6, 6.07) is 4.72. The average molecular weight is 497 g/mol. The number of nitro groups is 1. The van der Waals surface area contributed by atoms with Crippen LogP contribution < -0.4 is 5.32 Å². The lowest BCUT2D eigenvalue weighted by atomic mass is 9.69. The molecular weight excluding hydrogens is 464 g/mol. The van der Waals surface area contributed by atoms with Crippen molar-refractivity contribution >= 4 is 23.4 Å². The molecule has 0 amide bonds. The van der Waals surface area contributed by atoms with Crippen molar-refractivity contribution in [3.05, 3.63) is 62.0 Å². The van der Waals surface area contributed by atoms with Crippen LogP contribution in [0.1, 0.15) is 69.4 Å². The molecule has 1 aromatic carbocycles. The van der Waals surface area contributed by atoms with Gasteiger partial charge in [0, 0.05) is 34.5 Å². The third-order valence-corrected chi connectivity index (χ3v) is 7.55. The summed E-state index contributed by atoms with van der Waals surface area (Å²) in [5.41, 5.74) is 2.46. The van der Waals surface area contributed by atoms with Gasteiger partial charge in [0.25, 0.3) is 5.69 Å². The van der Waals surface area contributed by atoms with Gasteiger partial charge >= 0.3 is 11.9 Å². The van der Waals surface area contributed by atoms with Crippen LogP contribution in [-0.2, 0) is 23.9 Å². The number of hydrogen-bond donors (Lipinski definition) is 1. The number of allylic oxidation sites excluding steroid dienone is 3. The van der Waals surface area contributed by atoms with Crippen LogP contribution in [0, 0.1) is 28.9 Å². The first-order valence-electron chi connectivity index (χ1n) is 12.4. The summed E-state index contributed by atoms with van der Waals surface area (Å²) in [5.74, 6) is -3.85. The van der Waals surface area contributed by atoms with E-state index in [1.807, 2.05) is 6.92 Å². The maximum atomic E-state index is 13.8. The number of methoxy groups -OCH3 is 1. The van der Waals surface area contributed by atoms with Crippen LogP contribution in [0.5, 0.6) is 0 Å². The Balaban J connectivity index is 1.84. The fourth-order valence-corrected chi connectivity index (χ4v) is 5.68. The molecule has 9 nitrogen and oxygen atoms in total. The second-order valence-electron chi connectivity index (χ2n) is 10.0. The minimum Gasteiger partial charge on any atom is -0.468 e. The molecule has 4 rings (SSSR count). The molecule has 192 valence electrons. The van der Waals surface area contributed by atoms with Crippen molar-refractivity contribution in [1.82, 2.24) is 5.32 Å². The molecule has 0 saturated heterocycles. The molecule has 3 aliphatic rings. The molecule has 2 aliphatic carbocycles. The summed E-state index contributed by atoms with van der Waals surface area (Å²) >= 11 is 0. The zero-order valence-corrected chi connectivity index (χ0v) is 21.1. The number of esters is 2. The van der Waals surface area contributed by atoms with E-state index in [4.69, 9.17) is 9.47 Å². The van der Waals surface area contributed by atoms with Crippen molar-refractivity contribution in [1.29, 1.82) is 0 Å². The van der Waals surface area contributed by atoms with Crippen LogP contribution in [0.25, 0.3) is 0 Å². The number of benzene rings is 1. The van der Waals surface area contributed by atoms with Gasteiger partial charge in [-0.3, -0.25) is 19.7 Å². The number of nitrogens with one attached hydrogen (secondary N) is 1. The average Bonchev–Trinajstić information content (AvgIpc) is 2.83. The molecule has 0 aromatic heterocycles. The molecule has 36 heavy (non-hydrogen) atoms. The summed E-state index contributed by atoms with van der Waals surface area (Å²) in [6.45, 7) is 5.19. The highest BCUT2D eigenvalue weighted by molar-refractivity contribution is 6.12. The first kappa shape index (κ1) is 25.6. The van der Waals surface area contributed by atoms with Gasteiger partial charge in [0.2, 0.25) is 0 Å². The number of rotatable bonds is 5. The Morgan fingerprint density at radius 1 is 1.14 bits per heavy atom. The predicted octanol–water partition coefficient (Wildman–Crippen LogP) is 4.39. The molecule has 1 fully saturated rings. The number of Topliss-reactive ketones (excluding diaryl/α,β-unsaturated/α-hetero) is 1. The summed E-state index contributed by atoms with van der Waals surface area (Å²) in [7, 11) is 1.24. The minimum atomic E-state index is -1.02. The maximum Gasteiger partial charge on any atom is 0.337 e. The fourth-order valence-electron chi connectivity index (χ4n) is 5.68. The van der Waals surface area contributed by atoms with Crippen LogP contribution in [0.15, 0.2) is 40.7 Å². The molecule has 1 aromatic rings. The molecule has 0 radical (unpaired) electrons. The SMILES string of the molecule is COC(=O)[C@@H]1C(=O)C2=C(C[C@H]1C)NC(C)=C(C(=O)OC1CCCCC1)[C@@H]2c1ccc(C)c([N+](=O)[O-])c1. The van der Waals surface area contributed by atoms with Gasteiger partial charge in [-0.15, -0.1) is 0 Å². The normalized spacial score (nSPS) is 24.7. The van der Waals surface area contributed by atoms with Gasteiger partial charge in [0.15, 0.2) is 5.78 Å². The lowest BCUT2D eigenvalue weighted by molar-refractivity contribution is -0.385. The maximum absolute atomic E-state index is 13.8. The topological polar surface area (TPSA) is 125 Å². The number of hydrogen-bond acceptors (Lipinski definition) is 8. The van der Waals surface area contributed by atoms with Gasteiger partial charge in [-0.2, -0.15) is 0 Å². The highest BCUT2D eigenvalue weighted by atomic mass is 16.6. The largest absolute Gasteiger partial charge is 0.468 e. The molecule has 1 heterocycles. The van der Waals surface area contributed by atoms with Crippen molar-refractivity contribution in [2.75, 3.05) is 7.11 Å². The van der Waals surface area contributed by atoms with E-state index < -0.39 is 34.5 Å². The smallest absolute Gasteiger partial charge is 0.337 e. The van der Waals surface area contributed by atoms with Crippen LogP contribution in [0.4, 0.5) is 5.69 Å². The van der Waals surface area contributed by atoms with Gasteiger partial charge < -0.3 is 14.8 Å². The monoisotopic (exact) mass is 496 g/mol. The van der Waals surface area contributed by atoms with Crippen molar-refractivity contribution < 1.29 is 28.8 Å². The highest BCUT2D eigenvalue weighted by Gasteiger charge is 2.47. The van der Waals surface area contributed by atoms with Gasteiger partial charge in [-0.1, -0.05) is 25.5 Å². The molecule has 3 atom stereocenters. The Hall–Kier alpha value is -3.49. The Kier molecular flexibility index (Phi) is 7.28. The molecule has 0 bridgehead atoms. The number of nitrogens with zero attached hydrogens (tertiary/aromatic N) is 1. The minimum absolute atomic E-state index is 0.105. The van der Waals surface area contributed by atoms with Crippen molar-refractivity contribution in [2.45, 2.75) is 71.3 Å². The number of dihydropyridines is 1. The predicted molar refractivity (Wildman–Crippen MR) is 131 cm³/mol. The number of carbonyl (C=O) groups excluding carboxylic acids is 3. The van der Waals surface area contributed by atoms with Crippen LogP contribution in [0.2, 0.25) is 0 Å². The summed E-state index contributed by atoms with van der Waals surface area (Å²) in [5, 5.41) is 14.9. The van der Waals surface area contributed by atoms with Crippen molar-refractivity contribution in [2.24, 2.45) is 11.8 Å². The Bertz CT molecular complexity index is 1180. The second-order valence-corrected chi connectivity index (χ2v) is 10.0. The Labute approximate surface area is 210 Å². The third kappa shape index (κ3) is 4.66. The van der Waals surface area contributed by atoms with Gasteiger partial charge in [0.1, 0.15) is 12.0 Å². The molecule has 9 heteroatoms. The van der Waals surface area contributed by atoms with Gasteiger partial charge in [0.05, 0.1) is 17.6 Å². The van der Waals surface area contributed by atoms with Gasteiger partial charge in [-0.05, 0) is 57.4 Å². The molecule has 1 aliphatic heterocycles.